The molecule has 1 heterocycles. The Bertz CT molecular complexity index is 1020. The number of aliphatic hydroxyl groups excluding tert-OH is 1. The summed E-state index contributed by atoms with van der Waals surface area (Å²) in [4.78, 5) is 23.8. The van der Waals surface area contributed by atoms with Gasteiger partial charge in [-0.05, 0) is 36.8 Å². The molecule has 7 nitrogen and oxygen atoms in total. The van der Waals surface area contributed by atoms with Crippen LogP contribution in [0, 0.1) is 6.92 Å². The number of amides is 1. The van der Waals surface area contributed by atoms with Crippen LogP contribution in [-0.4, -0.2) is 42.4 Å². The van der Waals surface area contributed by atoms with E-state index in [1.807, 2.05) is 6.07 Å². The van der Waals surface area contributed by atoms with Gasteiger partial charge in [-0.2, -0.15) is 0 Å². The van der Waals surface area contributed by atoms with Crippen LogP contribution < -0.4 is 10.1 Å². The molecule has 0 saturated carbocycles. The van der Waals surface area contributed by atoms with Crippen LogP contribution in [0.1, 0.15) is 26.5 Å². The lowest BCUT2D eigenvalue weighted by Gasteiger charge is -2.07. The monoisotopic (exact) mass is 369 g/mol. The number of hydrogen-bond acceptors (Lipinski definition) is 5. The second-order valence-corrected chi connectivity index (χ2v) is 5.92. The fourth-order valence-corrected chi connectivity index (χ4v) is 3.01. The number of rotatable bonds is 6. The Hall–Kier alpha value is -3.32. The first-order valence-corrected chi connectivity index (χ1v) is 8.33. The lowest BCUT2D eigenvalue weighted by molar-refractivity contribution is 0.0697. The number of aryl methyl sites for hydroxylation is 1. The molecule has 0 atom stereocenters. The van der Waals surface area contributed by atoms with Gasteiger partial charge in [-0.25, -0.2) is 4.79 Å². The van der Waals surface area contributed by atoms with Crippen LogP contribution in [0.15, 0.2) is 40.8 Å². The number of fused-ring (bicyclic) bond motifs is 1. The van der Waals surface area contributed by atoms with Crippen LogP contribution in [-0.2, 0) is 0 Å². The largest absolute Gasteiger partial charge is 0.491 e. The van der Waals surface area contributed by atoms with E-state index in [0.29, 0.717) is 28.0 Å². The van der Waals surface area contributed by atoms with Gasteiger partial charge in [0.15, 0.2) is 0 Å². The molecule has 27 heavy (non-hydrogen) atoms. The average Bonchev–Trinajstić information content (AvgIpc) is 3.00. The summed E-state index contributed by atoms with van der Waals surface area (Å²) in [5.41, 5.74) is 1.93. The summed E-state index contributed by atoms with van der Waals surface area (Å²) >= 11 is 0. The van der Waals surface area contributed by atoms with Crippen molar-refractivity contribution in [2.24, 2.45) is 0 Å². The summed E-state index contributed by atoms with van der Waals surface area (Å²) in [5.74, 6) is -0.441. The normalized spacial score (nSPS) is 10.8. The number of hydrogen-bond donors (Lipinski definition) is 3. The molecule has 0 aliphatic heterocycles. The molecule has 3 aromatic rings. The third-order valence-electron chi connectivity index (χ3n) is 4.17. The molecule has 0 bridgehead atoms. The van der Waals surface area contributed by atoms with E-state index in [4.69, 9.17) is 14.3 Å². The van der Waals surface area contributed by atoms with Crippen molar-refractivity contribution in [3.8, 4) is 16.9 Å². The van der Waals surface area contributed by atoms with E-state index in [1.165, 1.54) is 19.2 Å². The van der Waals surface area contributed by atoms with E-state index in [-0.39, 0.29) is 24.3 Å². The first-order chi connectivity index (χ1) is 13.0. The molecule has 0 aliphatic carbocycles. The van der Waals surface area contributed by atoms with E-state index < -0.39 is 11.9 Å². The number of carboxylic acids is 1. The number of aliphatic hydroxyl groups is 1. The van der Waals surface area contributed by atoms with Crippen molar-refractivity contribution in [2.45, 2.75) is 6.92 Å². The predicted molar refractivity (Wildman–Crippen MR) is 99.3 cm³/mol. The number of nitrogens with one attached hydrogen (secondary N) is 1. The summed E-state index contributed by atoms with van der Waals surface area (Å²) in [6, 6.07) is 9.97. The van der Waals surface area contributed by atoms with E-state index in [0.717, 1.165) is 5.56 Å². The van der Waals surface area contributed by atoms with E-state index in [1.54, 1.807) is 25.1 Å². The highest BCUT2D eigenvalue weighted by molar-refractivity contribution is 6.11. The Kier molecular flexibility index (Phi) is 5.14. The molecule has 1 amide bonds. The zero-order valence-corrected chi connectivity index (χ0v) is 14.9. The molecule has 1 aromatic heterocycles. The van der Waals surface area contributed by atoms with Gasteiger partial charge in [-0.15, -0.1) is 0 Å². The molecular formula is C20H19NO6. The maximum atomic E-state index is 12.2. The summed E-state index contributed by atoms with van der Waals surface area (Å²) < 4.78 is 11.3. The lowest BCUT2D eigenvalue weighted by Crippen LogP contribution is -2.18. The molecule has 0 radical (unpaired) electrons. The number of furan rings is 1. The summed E-state index contributed by atoms with van der Waals surface area (Å²) in [5, 5.41) is 21.4. The molecule has 7 heteroatoms. The third-order valence-corrected chi connectivity index (χ3v) is 4.17. The Morgan fingerprint density at radius 2 is 2.00 bits per heavy atom. The fraction of sp³-hybridized carbons (Fsp3) is 0.200. The minimum absolute atomic E-state index is 0.00386. The van der Waals surface area contributed by atoms with Crippen LogP contribution in [0.2, 0.25) is 0 Å². The van der Waals surface area contributed by atoms with Gasteiger partial charge in [0.1, 0.15) is 23.7 Å². The SMILES string of the molecule is CNC(=O)c1cc(C(=O)O)cc2c(-c3cccc(OCCO)c3)c(C)oc12. The smallest absolute Gasteiger partial charge is 0.335 e. The van der Waals surface area contributed by atoms with Gasteiger partial charge in [-0.1, -0.05) is 12.1 Å². The van der Waals surface area contributed by atoms with Crippen LogP contribution in [0.25, 0.3) is 22.1 Å². The van der Waals surface area contributed by atoms with Crippen molar-refractivity contribution in [1.29, 1.82) is 0 Å². The Morgan fingerprint density at radius 3 is 2.67 bits per heavy atom. The van der Waals surface area contributed by atoms with Crippen molar-refractivity contribution in [3.05, 3.63) is 53.3 Å². The minimum atomic E-state index is -1.13. The molecular weight excluding hydrogens is 350 g/mol. The first kappa shape index (κ1) is 18.5. The summed E-state index contributed by atoms with van der Waals surface area (Å²) in [6.45, 7) is 1.82. The van der Waals surface area contributed by atoms with Gasteiger partial charge in [0, 0.05) is 18.0 Å². The van der Waals surface area contributed by atoms with E-state index in [9.17, 15) is 14.7 Å². The predicted octanol–water partition coefficient (Wildman–Crippen LogP) is 2.84. The second kappa shape index (κ2) is 7.51. The molecule has 2 aromatic carbocycles. The number of ether oxygens (including phenoxy) is 1. The molecule has 140 valence electrons. The highest BCUT2D eigenvalue weighted by Gasteiger charge is 2.22. The maximum Gasteiger partial charge on any atom is 0.335 e. The van der Waals surface area contributed by atoms with Crippen LogP contribution in [0.3, 0.4) is 0 Å². The van der Waals surface area contributed by atoms with Crippen molar-refractivity contribution in [3.63, 3.8) is 0 Å². The Balaban J connectivity index is 2.25. The van der Waals surface area contributed by atoms with Gasteiger partial charge >= 0.3 is 5.97 Å². The summed E-state index contributed by atoms with van der Waals surface area (Å²) in [6.07, 6.45) is 0. The molecule has 0 unspecified atom stereocenters. The quantitative estimate of drug-likeness (QED) is 0.616. The molecule has 0 aliphatic rings. The molecule has 3 N–H and O–H groups in total. The number of benzene rings is 2. The van der Waals surface area contributed by atoms with Gasteiger partial charge in [0.2, 0.25) is 0 Å². The van der Waals surface area contributed by atoms with E-state index in [2.05, 4.69) is 5.32 Å². The number of carbonyl (C=O) groups excluding carboxylic acids is 1. The molecule has 3 rings (SSSR count). The lowest BCUT2D eigenvalue weighted by atomic mass is 9.98. The van der Waals surface area contributed by atoms with E-state index >= 15 is 0 Å². The first-order valence-electron chi connectivity index (χ1n) is 8.33. The molecule has 0 fully saturated rings. The topological polar surface area (TPSA) is 109 Å². The fourth-order valence-electron chi connectivity index (χ4n) is 3.01. The van der Waals surface area contributed by atoms with Gasteiger partial charge in [0.05, 0.1) is 17.7 Å². The average molecular weight is 369 g/mol. The Morgan fingerprint density at radius 1 is 1.22 bits per heavy atom. The highest BCUT2D eigenvalue weighted by Crippen LogP contribution is 2.38. The minimum Gasteiger partial charge on any atom is -0.491 e. The second-order valence-electron chi connectivity index (χ2n) is 5.92. The molecule has 0 spiro atoms. The number of carbonyl (C=O) groups is 2. The van der Waals surface area contributed by atoms with Crippen molar-refractivity contribution in [1.82, 2.24) is 5.32 Å². The maximum absolute atomic E-state index is 12.2. The number of aromatic carboxylic acids is 1. The summed E-state index contributed by atoms with van der Waals surface area (Å²) in [7, 11) is 1.47. The number of carboxylic acid groups (broad SMARTS) is 1. The zero-order valence-electron chi connectivity index (χ0n) is 14.9. The van der Waals surface area contributed by atoms with Crippen LogP contribution >= 0.6 is 0 Å². The zero-order chi connectivity index (χ0) is 19.6. The van der Waals surface area contributed by atoms with Crippen molar-refractivity contribution in [2.75, 3.05) is 20.3 Å². The van der Waals surface area contributed by atoms with Crippen molar-refractivity contribution < 1.29 is 29.0 Å². The van der Waals surface area contributed by atoms with Gasteiger partial charge < -0.3 is 24.7 Å². The van der Waals surface area contributed by atoms with Crippen LogP contribution in [0.5, 0.6) is 5.75 Å². The highest BCUT2D eigenvalue weighted by atomic mass is 16.5. The van der Waals surface area contributed by atoms with Gasteiger partial charge in [0.25, 0.3) is 5.91 Å². The molecule has 0 saturated heterocycles. The Labute approximate surface area is 155 Å². The van der Waals surface area contributed by atoms with Gasteiger partial charge in [-0.3, -0.25) is 4.79 Å². The standard InChI is InChI=1S/C20H19NO6/c1-11-17(12-4-3-5-14(8-12)26-7-6-22)15-9-13(20(24)25)10-16(18(15)27-11)19(23)21-2/h3-5,8-10,22H,6-7H2,1-2H3,(H,21,23)(H,24,25). The van der Waals surface area contributed by atoms with Crippen molar-refractivity contribution >= 4 is 22.8 Å². The third kappa shape index (κ3) is 3.50. The van der Waals surface area contributed by atoms with Crippen LogP contribution in [0.4, 0.5) is 0 Å².